The first-order valence-corrected chi connectivity index (χ1v) is 9.01. The van der Waals surface area contributed by atoms with Gasteiger partial charge < -0.3 is 19.8 Å². The Hall–Kier alpha value is -1.14. The van der Waals surface area contributed by atoms with Crippen molar-refractivity contribution in [2.24, 2.45) is 23.7 Å². The third-order valence-corrected chi connectivity index (χ3v) is 5.43. The number of carboxylic acids is 2. The summed E-state index contributed by atoms with van der Waals surface area (Å²) in [6, 6.07) is 0. The largest absolute Gasteiger partial charge is 0.481 e. The Labute approximate surface area is 145 Å². The van der Waals surface area contributed by atoms with Crippen molar-refractivity contribution < 1.29 is 29.4 Å². The third-order valence-electron chi connectivity index (χ3n) is 5.43. The highest BCUT2D eigenvalue weighted by Crippen LogP contribution is 2.34. The molecule has 1 aliphatic rings. The highest BCUT2D eigenvalue weighted by atomic mass is 16.4. The number of hydrogen-bond acceptors (Lipinski definition) is 3. The lowest BCUT2D eigenvalue weighted by Gasteiger charge is -2.24. The zero-order chi connectivity index (χ0) is 18.5. The van der Waals surface area contributed by atoms with Crippen molar-refractivity contribution in [1.29, 1.82) is 0 Å². The van der Waals surface area contributed by atoms with Crippen LogP contribution in [-0.4, -0.2) is 65.0 Å². The molecule has 1 aliphatic heterocycles. The maximum absolute atomic E-state index is 11.6. The molecule has 24 heavy (non-hydrogen) atoms. The zero-order valence-electron chi connectivity index (χ0n) is 15.4. The molecule has 0 spiro atoms. The molecule has 0 bridgehead atoms. The van der Waals surface area contributed by atoms with Crippen molar-refractivity contribution in [1.82, 2.24) is 0 Å². The Bertz CT molecular complexity index is 435. The predicted octanol–water partition coefficient (Wildman–Crippen LogP) is 2.06. The van der Waals surface area contributed by atoms with Crippen molar-refractivity contribution in [2.45, 2.75) is 52.1 Å². The van der Waals surface area contributed by atoms with Crippen molar-refractivity contribution >= 4 is 11.9 Å². The molecule has 140 valence electrons. The molecule has 1 saturated heterocycles. The van der Waals surface area contributed by atoms with Gasteiger partial charge in [-0.25, -0.2) is 0 Å². The van der Waals surface area contributed by atoms with E-state index >= 15 is 0 Å². The highest BCUT2D eigenvalue weighted by molar-refractivity contribution is 5.73. The minimum atomic E-state index is -1.02. The maximum Gasteiger partial charge on any atom is 0.306 e. The molecule has 0 aromatic heterocycles. The standard InChI is InChI=1S/C18H33NO5/c1-5-13-10-19(3,4)11-15(13)7-6-14(17(21)22)9-16(18(23)24)8-12(2)20/h12-16,20H,5-11H2,1-4H3,(H-,21,22,23,24)/p+1. The van der Waals surface area contributed by atoms with Gasteiger partial charge in [-0.15, -0.1) is 0 Å². The van der Waals surface area contributed by atoms with Crippen LogP contribution in [0.3, 0.4) is 0 Å². The Balaban J connectivity index is 2.66. The van der Waals surface area contributed by atoms with Gasteiger partial charge in [0.2, 0.25) is 0 Å². The van der Waals surface area contributed by atoms with E-state index in [2.05, 4.69) is 21.0 Å². The molecule has 0 aliphatic carbocycles. The van der Waals surface area contributed by atoms with Crippen LogP contribution in [0.5, 0.6) is 0 Å². The SMILES string of the molecule is CCC1C[N+](C)(C)CC1CCC(CC(CC(C)O)C(=O)O)C(=O)O. The van der Waals surface area contributed by atoms with Crippen LogP contribution in [0, 0.1) is 23.7 Å². The molecule has 0 aromatic rings. The number of carbonyl (C=O) groups is 2. The summed E-state index contributed by atoms with van der Waals surface area (Å²) >= 11 is 0. The molecule has 0 amide bonds. The fourth-order valence-electron chi connectivity index (χ4n) is 4.24. The van der Waals surface area contributed by atoms with Crippen LogP contribution in [0.2, 0.25) is 0 Å². The lowest BCUT2D eigenvalue weighted by molar-refractivity contribution is -0.880. The number of quaternary nitrogens is 1. The second-order valence-electron chi connectivity index (χ2n) is 8.20. The molecule has 1 fully saturated rings. The Kier molecular flexibility index (Phi) is 7.67. The summed E-state index contributed by atoms with van der Waals surface area (Å²) in [6.45, 7) is 5.90. The number of aliphatic hydroxyl groups is 1. The van der Waals surface area contributed by atoms with E-state index in [9.17, 15) is 24.9 Å². The van der Waals surface area contributed by atoms with Gasteiger partial charge in [0.1, 0.15) is 0 Å². The fourth-order valence-corrected chi connectivity index (χ4v) is 4.24. The average molecular weight is 344 g/mol. The second-order valence-corrected chi connectivity index (χ2v) is 8.20. The van der Waals surface area contributed by atoms with Gasteiger partial charge in [-0.3, -0.25) is 9.59 Å². The molecule has 0 saturated carbocycles. The summed E-state index contributed by atoms with van der Waals surface area (Å²) < 4.78 is 0.973. The molecular weight excluding hydrogens is 310 g/mol. The van der Waals surface area contributed by atoms with Crippen LogP contribution in [0.1, 0.15) is 46.0 Å². The quantitative estimate of drug-likeness (QED) is 0.527. The molecule has 5 unspecified atom stereocenters. The molecule has 5 atom stereocenters. The summed E-state index contributed by atoms with van der Waals surface area (Å²) in [5.74, 6) is -2.28. The number of nitrogens with zero attached hydrogens (tertiary/aromatic N) is 1. The first-order chi connectivity index (χ1) is 11.1. The van der Waals surface area contributed by atoms with Crippen molar-refractivity contribution in [3.05, 3.63) is 0 Å². The van der Waals surface area contributed by atoms with E-state index in [0.717, 1.165) is 30.4 Å². The van der Waals surface area contributed by atoms with E-state index in [4.69, 9.17) is 0 Å². The van der Waals surface area contributed by atoms with Crippen LogP contribution in [0.15, 0.2) is 0 Å². The normalized spacial score (nSPS) is 26.7. The lowest BCUT2D eigenvalue weighted by atomic mass is 9.83. The van der Waals surface area contributed by atoms with Crippen molar-refractivity contribution in [3.63, 3.8) is 0 Å². The summed E-state index contributed by atoms with van der Waals surface area (Å²) in [5, 5.41) is 28.2. The van der Waals surface area contributed by atoms with Crippen molar-refractivity contribution in [2.75, 3.05) is 27.2 Å². The molecule has 3 N–H and O–H groups in total. The zero-order valence-corrected chi connectivity index (χ0v) is 15.4. The smallest absolute Gasteiger partial charge is 0.306 e. The van der Waals surface area contributed by atoms with Crippen LogP contribution < -0.4 is 0 Å². The Morgan fingerprint density at radius 2 is 1.58 bits per heavy atom. The van der Waals surface area contributed by atoms with Gasteiger partial charge in [0, 0.05) is 11.8 Å². The highest BCUT2D eigenvalue weighted by Gasteiger charge is 2.39. The van der Waals surface area contributed by atoms with Gasteiger partial charge in [-0.1, -0.05) is 6.92 Å². The second kappa shape index (κ2) is 8.81. The van der Waals surface area contributed by atoms with E-state index in [1.165, 1.54) is 6.92 Å². The van der Waals surface area contributed by atoms with Crippen LogP contribution in [-0.2, 0) is 9.59 Å². The monoisotopic (exact) mass is 344 g/mol. The van der Waals surface area contributed by atoms with Gasteiger partial charge in [-0.2, -0.15) is 0 Å². The predicted molar refractivity (Wildman–Crippen MR) is 91.5 cm³/mol. The van der Waals surface area contributed by atoms with E-state index in [1.807, 2.05) is 0 Å². The first kappa shape index (κ1) is 20.9. The van der Waals surface area contributed by atoms with Gasteiger partial charge >= 0.3 is 11.9 Å². The number of aliphatic hydroxyl groups excluding tert-OH is 1. The first-order valence-electron chi connectivity index (χ1n) is 9.01. The van der Waals surface area contributed by atoms with Crippen LogP contribution >= 0.6 is 0 Å². The van der Waals surface area contributed by atoms with Gasteiger partial charge in [-0.05, 0) is 39.0 Å². The third kappa shape index (κ3) is 6.40. The molecule has 1 heterocycles. The van der Waals surface area contributed by atoms with E-state index < -0.39 is 29.9 Å². The Morgan fingerprint density at radius 3 is 2.04 bits per heavy atom. The number of likely N-dealkylation sites (tertiary alicyclic amines) is 1. The molecule has 0 radical (unpaired) electrons. The van der Waals surface area contributed by atoms with Gasteiger partial charge in [0.15, 0.2) is 0 Å². The maximum atomic E-state index is 11.6. The van der Waals surface area contributed by atoms with E-state index in [1.54, 1.807) is 0 Å². The fraction of sp³-hybridized carbons (Fsp3) is 0.889. The summed E-state index contributed by atoms with van der Waals surface area (Å²) in [6.07, 6.45) is 1.90. The summed E-state index contributed by atoms with van der Waals surface area (Å²) in [7, 11) is 4.42. The average Bonchev–Trinajstić information content (AvgIpc) is 2.75. The van der Waals surface area contributed by atoms with Gasteiger partial charge in [0.25, 0.3) is 0 Å². The summed E-state index contributed by atoms with van der Waals surface area (Å²) in [4.78, 5) is 22.9. The minimum absolute atomic E-state index is 0.0946. The van der Waals surface area contributed by atoms with Crippen LogP contribution in [0.4, 0.5) is 0 Å². The van der Waals surface area contributed by atoms with E-state index in [0.29, 0.717) is 18.3 Å². The van der Waals surface area contributed by atoms with Gasteiger partial charge in [0.05, 0.1) is 45.1 Å². The Morgan fingerprint density at radius 1 is 1.04 bits per heavy atom. The lowest BCUT2D eigenvalue weighted by Crippen LogP contribution is -2.37. The summed E-state index contributed by atoms with van der Waals surface area (Å²) in [5.41, 5.74) is 0. The van der Waals surface area contributed by atoms with E-state index in [-0.39, 0.29) is 12.8 Å². The number of hydrogen-bond donors (Lipinski definition) is 3. The minimum Gasteiger partial charge on any atom is -0.481 e. The molecule has 0 aromatic carbocycles. The molecule has 1 rings (SSSR count). The molecular formula is C18H34NO5+. The van der Waals surface area contributed by atoms with Crippen LogP contribution in [0.25, 0.3) is 0 Å². The molecule has 6 nitrogen and oxygen atoms in total. The number of carboxylic acid groups (broad SMARTS) is 2. The van der Waals surface area contributed by atoms with Crippen molar-refractivity contribution in [3.8, 4) is 0 Å². The number of aliphatic carboxylic acids is 2. The topological polar surface area (TPSA) is 94.8 Å². The molecule has 6 heteroatoms. The number of rotatable bonds is 10.